The van der Waals surface area contributed by atoms with E-state index in [2.05, 4.69) is 29.9 Å². The minimum Gasteiger partial charge on any atom is -0.469 e. The number of aliphatic hydroxyl groups excluding tert-OH is 1. The second-order valence-electron chi connectivity index (χ2n) is 6.06. The van der Waals surface area contributed by atoms with Crippen LogP contribution in [-0.2, 0) is 14.3 Å². The van der Waals surface area contributed by atoms with Crippen LogP contribution in [0.3, 0.4) is 0 Å². The minimum atomic E-state index is -0.387. The van der Waals surface area contributed by atoms with E-state index >= 15 is 0 Å². The van der Waals surface area contributed by atoms with E-state index in [1.807, 2.05) is 6.08 Å². The van der Waals surface area contributed by atoms with Crippen LogP contribution in [0.15, 0.2) is 24.3 Å². The predicted molar refractivity (Wildman–Crippen MR) is 92.2 cm³/mol. The lowest BCUT2D eigenvalue weighted by atomic mass is 10.1. The molecule has 132 valence electrons. The van der Waals surface area contributed by atoms with Gasteiger partial charge in [0.1, 0.15) is 12.2 Å². The Bertz CT molecular complexity index is 376. The molecule has 0 radical (unpaired) electrons. The Hall–Kier alpha value is -1.13. The molecule has 4 heteroatoms. The smallest absolute Gasteiger partial charge is 0.305 e. The maximum atomic E-state index is 10.9. The van der Waals surface area contributed by atoms with Crippen LogP contribution in [0.25, 0.3) is 0 Å². The molecule has 1 rings (SSSR count). The molecule has 1 aliphatic rings. The van der Waals surface area contributed by atoms with E-state index in [0.29, 0.717) is 12.8 Å². The Morgan fingerprint density at radius 2 is 1.91 bits per heavy atom. The molecule has 3 atom stereocenters. The summed E-state index contributed by atoms with van der Waals surface area (Å²) in [5, 5.41) is 9.92. The van der Waals surface area contributed by atoms with Crippen LogP contribution in [0, 0.1) is 0 Å². The average Bonchev–Trinajstić information content (AvgIpc) is 3.32. The first-order chi connectivity index (χ1) is 11.2. The first-order valence-corrected chi connectivity index (χ1v) is 8.91. The van der Waals surface area contributed by atoms with Crippen molar-refractivity contribution in [3.05, 3.63) is 24.3 Å². The van der Waals surface area contributed by atoms with Gasteiger partial charge >= 0.3 is 5.97 Å². The number of epoxide rings is 1. The van der Waals surface area contributed by atoms with Gasteiger partial charge in [0, 0.05) is 6.42 Å². The van der Waals surface area contributed by atoms with Gasteiger partial charge in [0.15, 0.2) is 0 Å². The number of carbonyl (C=O) groups excluding carboxylic acids is 1. The molecule has 1 fully saturated rings. The lowest BCUT2D eigenvalue weighted by Crippen LogP contribution is -2.15. The summed E-state index contributed by atoms with van der Waals surface area (Å²) in [6.07, 6.45) is 16.8. The molecular formula is C19H32O4. The average molecular weight is 324 g/mol. The van der Waals surface area contributed by atoms with Gasteiger partial charge in [0.05, 0.1) is 13.2 Å². The van der Waals surface area contributed by atoms with Crippen molar-refractivity contribution in [2.45, 2.75) is 83.0 Å². The van der Waals surface area contributed by atoms with Crippen molar-refractivity contribution in [3.63, 3.8) is 0 Å². The van der Waals surface area contributed by atoms with Crippen molar-refractivity contribution in [3.8, 4) is 0 Å². The molecule has 23 heavy (non-hydrogen) atoms. The van der Waals surface area contributed by atoms with Gasteiger partial charge < -0.3 is 14.6 Å². The van der Waals surface area contributed by atoms with E-state index in [1.165, 1.54) is 13.5 Å². The molecular weight excluding hydrogens is 292 g/mol. The van der Waals surface area contributed by atoms with Gasteiger partial charge in [-0.2, -0.15) is 0 Å². The highest BCUT2D eigenvalue weighted by molar-refractivity contribution is 5.68. The third kappa shape index (κ3) is 9.57. The van der Waals surface area contributed by atoms with E-state index in [1.54, 1.807) is 0 Å². The zero-order valence-corrected chi connectivity index (χ0v) is 14.6. The van der Waals surface area contributed by atoms with E-state index in [0.717, 1.165) is 38.5 Å². The Morgan fingerprint density at radius 3 is 2.65 bits per heavy atom. The number of carbonyl (C=O) groups is 1. The Labute approximate surface area is 140 Å². The van der Waals surface area contributed by atoms with Crippen LogP contribution in [0.2, 0.25) is 0 Å². The third-order valence-electron chi connectivity index (χ3n) is 4.03. The Morgan fingerprint density at radius 1 is 1.17 bits per heavy atom. The summed E-state index contributed by atoms with van der Waals surface area (Å²) in [5.74, 6) is -0.112. The number of ether oxygens (including phenoxy) is 2. The first kappa shape index (κ1) is 19.9. The fourth-order valence-corrected chi connectivity index (χ4v) is 2.53. The van der Waals surface area contributed by atoms with Crippen LogP contribution in [0.5, 0.6) is 0 Å². The maximum absolute atomic E-state index is 10.9. The van der Waals surface area contributed by atoms with E-state index < -0.39 is 0 Å². The van der Waals surface area contributed by atoms with Crippen LogP contribution in [-0.4, -0.2) is 36.5 Å². The summed E-state index contributed by atoms with van der Waals surface area (Å²) in [4.78, 5) is 10.9. The summed E-state index contributed by atoms with van der Waals surface area (Å²) in [7, 11) is 1.43. The number of rotatable bonds is 13. The molecule has 0 aromatic carbocycles. The van der Waals surface area contributed by atoms with Crippen LogP contribution in [0.1, 0.15) is 64.7 Å². The molecule has 0 aromatic heterocycles. The highest BCUT2D eigenvalue weighted by atomic mass is 16.6. The topological polar surface area (TPSA) is 59.1 Å². The van der Waals surface area contributed by atoms with Crippen LogP contribution < -0.4 is 0 Å². The molecule has 0 amide bonds. The number of allylic oxidation sites excluding steroid dienone is 2. The highest BCUT2D eigenvalue weighted by Gasteiger charge is 2.41. The Kier molecular flexibility index (Phi) is 10.7. The number of hydrogen-bond donors (Lipinski definition) is 1. The van der Waals surface area contributed by atoms with Crippen molar-refractivity contribution in [2.24, 2.45) is 0 Å². The second kappa shape index (κ2) is 12.3. The fraction of sp³-hybridized carbons (Fsp3) is 0.737. The number of aliphatic hydroxyl groups is 1. The van der Waals surface area contributed by atoms with Crippen LogP contribution in [0.4, 0.5) is 0 Å². The summed E-state index contributed by atoms with van der Waals surface area (Å²) < 4.78 is 10.1. The van der Waals surface area contributed by atoms with Gasteiger partial charge in [-0.1, -0.05) is 50.5 Å². The summed E-state index contributed by atoms with van der Waals surface area (Å²) >= 11 is 0. The minimum absolute atomic E-state index is 0.0222. The third-order valence-corrected chi connectivity index (χ3v) is 4.03. The van der Waals surface area contributed by atoms with Crippen molar-refractivity contribution >= 4 is 5.97 Å². The summed E-state index contributed by atoms with van der Waals surface area (Å²) in [5.41, 5.74) is 0. The van der Waals surface area contributed by atoms with Gasteiger partial charge in [-0.05, 0) is 32.1 Å². The van der Waals surface area contributed by atoms with E-state index in [4.69, 9.17) is 4.74 Å². The fourth-order valence-electron chi connectivity index (χ4n) is 2.53. The van der Waals surface area contributed by atoms with Gasteiger partial charge in [0.2, 0.25) is 0 Å². The molecule has 0 bridgehead atoms. The molecule has 1 N–H and O–H groups in total. The molecule has 0 spiro atoms. The zero-order valence-electron chi connectivity index (χ0n) is 14.6. The zero-order chi connectivity index (χ0) is 16.9. The lowest BCUT2D eigenvalue weighted by molar-refractivity contribution is -0.140. The quantitative estimate of drug-likeness (QED) is 0.241. The molecule has 4 nitrogen and oxygen atoms in total. The predicted octanol–water partition coefficient (Wildman–Crippen LogP) is 3.93. The number of esters is 1. The highest BCUT2D eigenvalue weighted by Crippen LogP contribution is 2.28. The molecule has 1 heterocycles. The van der Waals surface area contributed by atoms with Crippen molar-refractivity contribution in [1.29, 1.82) is 0 Å². The molecule has 1 aliphatic heterocycles. The standard InChI is InChI=1S/C19H32O4/c1-3-4-10-13-16(20)19-17(23-19)14-11-8-6-5-7-9-12-15-18(21)22-2/h4,10-11,14,16-17,19-20H,3,5-9,12-13,15H2,1-2H3/b10-4-,14-11-/t16-,17-,19-/m0/s1. The van der Waals surface area contributed by atoms with Crippen molar-refractivity contribution in [1.82, 2.24) is 0 Å². The molecule has 0 aliphatic carbocycles. The normalized spacial score (nSPS) is 21.9. The van der Waals surface area contributed by atoms with E-state index in [-0.39, 0.29) is 24.3 Å². The van der Waals surface area contributed by atoms with E-state index in [9.17, 15) is 9.90 Å². The lowest BCUT2D eigenvalue weighted by Gasteiger charge is -2.02. The van der Waals surface area contributed by atoms with Gasteiger partial charge in [-0.15, -0.1) is 0 Å². The summed E-state index contributed by atoms with van der Waals surface area (Å²) in [6, 6.07) is 0. The molecule has 1 saturated heterocycles. The summed E-state index contributed by atoms with van der Waals surface area (Å²) in [6.45, 7) is 2.08. The first-order valence-electron chi connectivity index (χ1n) is 8.91. The van der Waals surface area contributed by atoms with Gasteiger partial charge in [-0.25, -0.2) is 0 Å². The number of methoxy groups -OCH3 is 1. The van der Waals surface area contributed by atoms with Crippen molar-refractivity contribution in [2.75, 3.05) is 7.11 Å². The number of unbranched alkanes of at least 4 members (excludes halogenated alkanes) is 5. The second-order valence-corrected chi connectivity index (χ2v) is 6.06. The maximum Gasteiger partial charge on any atom is 0.305 e. The number of hydrogen-bond acceptors (Lipinski definition) is 4. The molecule has 0 unspecified atom stereocenters. The molecule has 0 saturated carbocycles. The van der Waals surface area contributed by atoms with Gasteiger partial charge in [-0.3, -0.25) is 4.79 Å². The van der Waals surface area contributed by atoms with Gasteiger partial charge in [0.25, 0.3) is 0 Å². The van der Waals surface area contributed by atoms with Crippen LogP contribution >= 0.6 is 0 Å². The molecule has 0 aromatic rings. The monoisotopic (exact) mass is 324 g/mol. The largest absolute Gasteiger partial charge is 0.469 e. The van der Waals surface area contributed by atoms with Crippen molar-refractivity contribution < 1.29 is 19.4 Å². The Balaban J connectivity index is 1.93. The SMILES string of the molecule is CC/C=C\C[C@H](O)[C@@H]1O[C@H]1/C=C\CCCCCCCC(=O)OC.